The Morgan fingerprint density at radius 3 is 2.36 bits per heavy atom. The molecule has 0 aliphatic rings. The molecule has 0 bridgehead atoms. The fourth-order valence-electron chi connectivity index (χ4n) is 1.10. The topological polar surface area (TPSA) is 72.7 Å². The van der Waals surface area contributed by atoms with Gasteiger partial charge in [0.2, 0.25) is 0 Å². The summed E-state index contributed by atoms with van der Waals surface area (Å²) in [6.07, 6.45) is 0.787. The first-order valence-electron chi connectivity index (χ1n) is 4.22. The Hall–Kier alpha value is -0.525. The first-order chi connectivity index (χ1) is 6.74. The van der Waals surface area contributed by atoms with Gasteiger partial charge < -0.3 is 14.6 Å². The molecule has 0 atom stereocenters. The Morgan fingerprint density at radius 2 is 1.86 bits per heavy atom. The van der Waals surface area contributed by atoms with Crippen molar-refractivity contribution in [3.05, 3.63) is 29.8 Å². The molecule has 0 saturated carbocycles. The van der Waals surface area contributed by atoms with E-state index in [-0.39, 0.29) is 0 Å². The highest BCUT2D eigenvalue weighted by Crippen LogP contribution is 1.98. The van der Waals surface area contributed by atoms with E-state index in [9.17, 15) is 0 Å². The molecule has 1 aromatic rings. The molecule has 0 saturated heterocycles. The highest BCUT2D eigenvalue weighted by molar-refractivity contribution is 7.91. The molecular formula is C8H12BNO3S. The molecular weight excluding hydrogens is 201 g/mol. The van der Waals surface area contributed by atoms with Gasteiger partial charge in [-0.15, -0.1) is 0 Å². The smallest absolute Gasteiger partial charge is 0.423 e. The van der Waals surface area contributed by atoms with Crippen LogP contribution in [0.1, 0.15) is 5.56 Å². The number of nitrogens with one attached hydrogen (secondary N) is 1. The quantitative estimate of drug-likeness (QED) is 0.232. The van der Waals surface area contributed by atoms with E-state index in [0.29, 0.717) is 24.2 Å². The van der Waals surface area contributed by atoms with Crippen molar-refractivity contribution in [2.45, 2.75) is 6.42 Å². The minimum absolute atomic E-state index is 0.484. The maximum absolute atomic E-state index is 8.84. The van der Waals surface area contributed by atoms with Gasteiger partial charge in [0.25, 0.3) is 0 Å². The molecule has 14 heavy (non-hydrogen) atoms. The molecule has 4 N–H and O–H groups in total. The monoisotopic (exact) mass is 213 g/mol. The van der Waals surface area contributed by atoms with Gasteiger partial charge >= 0.3 is 7.12 Å². The molecule has 0 heterocycles. The van der Waals surface area contributed by atoms with Crippen LogP contribution in [-0.2, 0) is 6.42 Å². The third kappa shape index (κ3) is 3.69. The molecule has 0 radical (unpaired) electrons. The van der Waals surface area contributed by atoms with Crippen LogP contribution >= 0.6 is 12.2 Å². The fraction of sp³-hybridized carbons (Fsp3) is 0.250. The lowest BCUT2D eigenvalue weighted by atomic mass is 9.80. The second kappa shape index (κ2) is 6.05. The summed E-state index contributed by atoms with van der Waals surface area (Å²) in [5.41, 5.74) is 1.56. The van der Waals surface area contributed by atoms with E-state index >= 15 is 0 Å². The van der Waals surface area contributed by atoms with Crippen LogP contribution in [0, 0.1) is 0 Å². The third-order valence-electron chi connectivity index (χ3n) is 1.86. The van der Waals surface area contributed by atoms with E-state index in [1.54, 1.807) is 12.1 Å². The Bertz CT molecular complexity index is 268. The normalized spacial score (nSPS) is 10.2. The molecule has 4 nitrogen and oxygen atoms in total. The van der Waals surface area contributed by atoms with Gasteiger partial charge in [0, 0.05) is 6.54 Å². The van der Waals surface area contributed by atoms with Crippen LogP contribution in [-0.4, -0.2) is 28.3 Å². The van der Waals surface area contributed by atoms with Crippen molar-refractivity contribution in [2.24, 2.45) is 0 Å². The molecule has 0 aromatic heterocycles. The van der Waals surface area contributed by atoms with Crippen LogP contribution in [0.25, 0.3) is 0 Å². The second-order valence-corrected chi connectivity index (χ2v) is 3.32. The minimum Gasteiger partial charge on any atom is -0.423 e. The summed E-state index contributed by atoms with van der Waals surface area (Å²) in [6.45, 7) is 0.669. The predicted molar refractivity (Wildman–Crippen MR) is 58.2 cm³/mol. The second-order valence-electron chi connectivity index (χ2n) is 2.85. The molecule has 1 aromatic carbocycles. The molecule has 0 amide bonds. The SMILES string of the molecule is OSNCCc1ccc(B(O)O)cc1. The van der Waals surface area contributed by atoms with Gasteiger partial charge in [-0.1, -0.05) is 24.3 Å². The van der Waals surface area contributed by atoms with Crippen LogP contribution in [0.3, 0.4) is 0 Å². The third-order valence-corrected chi connectivity index (χ3v) is 2.19. The van der Waals surface area contributed by atoms with Gasteiger partial charge in [-0.05, 0) is 17.4 Å². The number of hydrogen-bond donors (Lipinski definition) is 4. The van der Waals surface area contributed by atoms with E-state index in [2.05, 4.69) is 4.72 Å². The maximum Gasteiger partial charge on any atom is 0.488 e. The lowest BCUT2D eigenvalue weighted by Gasteiger charge is -2.03. The molecule has 76 valence electrons. The molecule has 0 fully saturated rings. The Kier molecular flexibility index (Phi) is 4.99. The summed E-state index contributed by atoms with van der Waals surface area (Å²) >= 11 is 0.599. The highest BCUT2D eigenvalue weighted by atomic mass is 32.2. The first-order valence-corrected chi connectivity index (χ1v) is 4.99. The predicted octanol–water partition coefficient (Wildman–Crippen LogP) is -0.380. The van der Waals surface area contributed by atoms with Crippen molar-refractivity contribution >= 4 is 24.8 Å². The zero-order valence-electron chi connectivity index (χ0n) is 7.55. The fourth-order valence-corrected chi connectivity index (χ4v) is 1.29. The average molecular weight is 213 g/mol. The molecule has 0 aliphatic heterocycles. The molecule has 0 spiro atoms. The molecule has 0 unspecified atom stereocenters. The zero-order valence-corrected chi connectivity index (χ0v) is 8.37. The number of hydrogen-bond acceptors (Lipinski definition) is 5. The first kappa shape index (κ1) is 11.5. The lowest BCUT2D eigenvalue weighted by Crippen LogP contribution is -2.29. The van der Waals surface area contributed by atoms with E-state index in [1.165, 1.54) is 0 Å². The minimum atomic E-state index is -1.41. The van der Waals surface area contributed by atoms with Crippen LogP contribution in [0.4, 0.5) is 0 Å². The summed E-state index contributed by atoms with van der Waals surface area (Å²) in [7, 11) is -1.41. The van der Waals surface area contributed by atoms with E-state index < -0.39 is 7.12 Å². The molecule has 6 heteroatoms. The summed E-state index contributed by atoms with van der Waals surface area (Å²) in [4.78, 5) is 0. The average Bonchev–Trinajstić information content (AvgIpc) is 2.19. The van der Waals surface area contributed by atoms with Gasteiger partial charge in [-0.25, -0.2) is 4.72 Å². The van der Waals surface area contributed by atoms with Crippen LogP contribution in [0.15, 0.2) is 24.3 Å². The maximum atomic E-state index is 8.84. The standard InChI is InChI=1S/C8H12BNO3S/c11-9(12)8-3-1-7(2-4-8)5-6-10-14-13/h1-4,10-13H,5-6H2. The summed E-state index contributed by atoms with van der Waals surface area (Å²) in [5, 5.41) is 17.7. The van der Waals surface area contributed by atoms with Crippen LogP contribution in [0.5, 0.6) is 0 Å². The van der Waals surface area contributed by atoms with E-state index in [0.717, 1.165) is 12.0 Å². The lowest BCUT2D eigenvalue weighted by molar-refractivity contribution is 0.426. The Morgan fingerprint density at radius 1 is 1.21 bits per heavy atom. The number of rotatable bonds is 5. The van der Waals surface area contributed by atoms with Crippen molar-refractivity contribution in [1.29, 1.82) is 0 Å². The van der Waals surface area contributed by atoms with Crippen LogP contribution in [0.2, 0.25) is 0 Å². The van der Waals surface area contributed by atoms with Crippen molar-refractivity contribution in [3.63, 3.8) is 0 Å². The summed E-state index contributed by atoms with van der Waals surface area (Å²) < 4.78 is 11.1. The van der Waals surface area contributed by atoms with Gasteiger partial charge in [0.15, 0.2) is 0 Å². The zero-order chi connectivity index (χ0) is 10.4. The van der Waals surface area contributed by atoms with E-state index in [1.807, 2.05) is 12.1 Å². The van der Waals surface area contributed by atoms with Gasteiger partial charge in [-0.3, -0.25) is 0 Å². The Balaban J connectivity index is 2.47. The van der Waals surface area contributed by atoms with Gasteiger partial charge in [0.05, 0.1) is 12.2 Å². The van der Waals surface area contributed by atoms with Crippen molar-refractivity contribution in [2.75, 3.05) is 6.54 Å². The van der Waals surface area contributed by atoms with Gasteiger partial charge in [0.1, 0.15) is 0 Å². The van der Waals surface area contributed by atoms with E-state index in [4.69, 9.17) is 14.6 Å². The highest BCUT2D eigenvalue weighted by Gasteiger charge is 2.09. The van der Waals surface area contributed by atoms with Crippen molar-refractivity contribution in [1.82, 2.24) is 4.72 Å². The van der Waals surface area contributed by atoms with Crippen LogP contribution < -0.4 is 10.2 Å². The molecule has 0 aliphatic carbocycles. The summed E-state index contributed by atoms with van der Waals surface area (Å²) in [5.74, 6) is 0. The van der Waals surface area contributed by atoms with Crippen molar-refractivity contribution in [3.8, 4) is 0 Å². The van der Waals surface area contributed by atoms with Gasteiger partial charge in [-0.2, -0.15) is 0 Å². The summed E-state index contributed by atoms with van der Waals surface area (Å²) in [6, 6.07) is 7.01. The van der Waals surface area contributed by atoms with Crippen molar-refractivity contribution < 1.29 is 14.6 Å². The Labute approximate surface area is 87.5 Å². The largest absolute Gasteiger partial charge is 0.488 e. The molecule has 1 rings (SSSR count). The number of benzene rings is 1.